The summed E-state index contributed by atoms with van der Waals surface area (Å²) in [7, 11) is 0. The van der Waals surface area contributed by atoms with Gasteiger partial charge in [-0.3, -0.25) is 9.59 Å². The highest BCUT2D eigenvalue weighted by Gasteiger charge is 2.27. The Morgan fingerprint density at radius 2 is 1.64 bits per heavy atom. The number of benzene rings is 2. The maximum absolute atomic E-state index is 12.5. The van der Waals surface area contributed by atoms with E-state index in [-0.39, 0.29) is 17.7 Å². The number of unbranched alkanes of at least 4 members (excludes halogenated alkanes) is 1. The van der Waals surface area contributed by atoms with E-state index in [1.807, 2.05) is 35.2 Å². The minimum Gasteiger partial charge on any atom is -0.356 e. The van der Waals surface area contributed by atoms with Crippen LogP contribution in [0.3, 0.4) is 0 Å². The van der Waals surface area contributed by atoms with Crippen molar-refractivity contribution in [1.29, 1.82) is 0 Å². The molecule has 0 saturated carbocycles. The van der Waals surface area contributed by atoms with Crippen LogP contribution < -0.4 is 5.32 Å². The van der Waals surface area contributed by atoms with E-state index in [1.165, 1.54) is 11.1 Å². The van der Waals surface area contributed by atoms with E-state index in [0.717, 1.165) is 44.2 Å². The Labute approximate surface area is 167 Å². The second-order valence-corrected chi connectivity index (χ2v) is 7.67. The van der Waals surface area contributed by atoms with Crippen LogP contribution in [0.25, 0.3) is 0 Å². The maximum Gasteiger partial charge on any atom is 0.253 e. The standard InChI is InChI=1S/C24H30N2O2/c1-19-10-12-20(13-11-19)7-5-6-16-25-23(27)21-14-17-26(18-15-21)24(28)22-8-3-2-4-9-22/h2-4,8-13,21H,5-7,14-18H2,1H3,(H,25,27). The van der Waals surface area contributed by atoms with Crippen molar-refractivity contribution < 1.29 is 9.59 Å². The minimum absolute atomic E-state index is 0.0249. The molecule has 4 heteroatoms. The summed E-state index contributed by atoms with van der Waals surface area (Å²) in [5, 5.41) is 3.08. The van der Waals surface area contributed by atoms with Crippen LogP contribution in [0.5, 0.6) is 0 Å². The third-order valence-corrected chi connectivity index (χ3v) is 5.49. The van der Waals surface area contributed by atoms with Gasteiger partial charge in [-0.25, -0.2) is 0 Å². The van der Waals surface area contributed by atoms with Gasteiger partial charge in [0.05, 0.1) is 0 Å². The van der Waals surface area contributed by atoms with Gasteiger partial charge in [0.1, 0.15) is 0 Å². The molecule has 1 heterocycles. The number of rotatable bonds is 7. The Bertz CT molecular complexity index is 763. The Morgan fingerprint density at radius 1 is 0.964 bits per heavy atom. The first-order chi connectivity index (χ1) is 13.6. The fraction of sp³-hybridized carbons (Fsp3) is 0.417. The Morgan fingerprint density at radius 3 is 2.32 bits per heavy atom. The number of carbonyl (C=O) groups is 2. The number of nitrogens with one attached hydrogen (secondary N) is 1. The van der Waals surface area contributed by atoms with Gasteiger partial charge in [0.25, 0.3) is 5.91 Å². The number of amides is 2. The van der Waals surface area contributed by atoms with E-state index in [4.69, 9.17) is 0 Å². The Balaban J connectivity index is 1.32. The first-order valence-electron chi connectivity index (χ1n) is 10.3. The van der Waals surface area contributed by atoms with Crippen molar-refractivity contribution in [3.8, 4) is 0 Å². The van der Waals surface area contributed by atoms with Crippen LogP contribution in [-0.4, -0.2) is 36.3 Å². The van der Waals surface area contributed by atoms with Crippen LogP contribution in [0.1, 0.15) is 47.2 Å². The molecule has 1 aliphatic heterocycles. The lowest BCUT2D eigenvalue weighted by Gasteiger charge is -2.31. The number of aryl methyl sites for hydroxylation is 2. The molecule has 1 saturated heterocycles. The zero-order valence-corrected chi connectivity index (χ0v) is 16.7. The molecule has 3 rings (SSSR count). The number of hydrogen-bond acceptors (Lipinski definition) is 2. The highest BCUT2D eigenvalue weighted by atomic mass is 16.2. The fourth-order valence-electron chi connectivity index (χ4n) is 3.67. The van der Waals surface area contributed by atoms with Crippen LogP contribution >= 0.6 is 0 Å². The molecule has 148 valence electrons. The van der Waals surface area contributed by atoms with E-state index in [2.05, 4.69) is 36.5 Å². The third-order valence-electron chi connectivity index (χ3n) is 5.49. The molecule has 0 aromatic heterocycles. The summed E-state index contributed by atoms with van der Waals surface area (Å²) in [5.74, 6) is 0.231. The monoisotopic (exact) mass is 378 g/mol. The fourth-order valence-corrected chi connectivity index (χ4v) is 3.67. The van der Waals surface area contributed by atoms with E-state index in [0.29, 0.717) is 13.1 Å². The lowest BCUT2D eigenvalue weighted by Crippen LogP contribution is -2.43. The third kappa shape index (κ3) is 5.69. The summed E-state index contributed by atoms with van der Waals surface area (Å²) >= 11 is 0. The average Bonchev–Trinajstić information content (AvgIpc) is 2.75. The molecule has 0 aliphatic carbocycles. The smallest absolute Gasteiger partial charge is 0.253 e. The predicted octanol–water partition coefficient (Wildman–Crippen LogP) is 3.99. The zero-order chi connectivity index (χ0) is 19.8. The second-order valence-electron chi connectivity index (χ2n) is 7.67. The molecule has 2 aromatic carbocycles. The average molecular weight is 379 g/mol. The van der Waals surface area contributed by atoms with Gasteiger partial charge in [0, 0.05) is 31.1 Å². The molecule has 0 atom stereocenters. The van der Waals surface area contributed by atoms with Gasteiger partial charge in [-0.1, -0.05) is 48.0 Å². The topological polar surface area (TPSA) is 49.4 Å². The molecular formula is C24H30N2O2. The SMILES string of the molecule is Cc1ccc(CCCCNC(=O)C2CCN(C(=O)c3ccccc3)CC2)cc1. The van der Waals surface area contributed by atoms with Crippen molar-refractivity contribution >= 4 is 11.8 Å². The van der Waals surface area contributed by atoms with E-state index < -0.39 is 0 Å². The number of hydrogen-bond donors (Lipinski definition) is 1. The van der Waals surface area contributed by atoms with Gasteiger partial charge in [-0.15, -0.1) is 0 Å². The van der Waals surface area contributed by atoms with Gasteiger partial charge >= 0.3 is 0 Å². The normalized spacial score (nSPS) is 14.7. The van der Waals surface area contributed by atoms with Crippen LogP contribution in [0, 0.1) is 12.8 Å². The van der Waals surface area contributed by atoms with E-state index in [9.17, 15) is 9.59 Å². The molecule has 2 amide bonds. The van der Waals surface area contributed by atoms with Crippen molar-refractivity contribution in [3.63, 3.8) is 0 Å². The van der Waals surface area contributed by atoms with Crippen molar-refractivity contribution in [2.75, 3.05) is 19.6 Å². The second kappa shape index (κ2) is 10.1. The van der Waals surface area contributed by atoms with E-state index in [1.54, 1.807) is 0 Å². The largest absolute Gasteiger partial charge is 0.356 e. The van der Waals surface area contributed by atoms with Gasteiger partial charge in [-0.05, 0) is 56.7 Å². The summed E-state index contributed by atoms with van der Waals surface area (Å²) in [6.07, 6.45) is 4.61. The predicted molar refractivity (Wildman–Crippen MR) is 112 cm³/mol. The summed E-state index contributed by atoms with van der Waals surface area (Å²) in [5.41, 5.74) is 3.36. The molecule has 0 unspecified atom stereocenters. The van der Waals surface area contributed by atoms with Crippen molar-refractivity contribution in [3.05, 3.63) is 71.3 Å². The highest BCUT2D eigenvalue weighted by molar-refractivity contribution is 5.94. The molecule has 0 spiro atoms. The van der Waals surface area contributed by atoms with E-state index >= 15 is 0 Å². The van der Waals surface area contributed by atoms with Crippen LogP contribution in [0.4, 0.5) is 0 Å². The lowest BCUT2D eigenvalue weighted by molar-refractivity contribution is -0.126. The summed E-state index contributed by atoms with van der Waals surface area (Å²) < 4.78 is 0. The molecule has 0 bridgehead atoms. The number of nitrogens with zero attached hydrogens (tertiary/aromatic N) is 1. The first-order valence-corrected chi connectivity index (χ1v) is 10.3. The lowest BCUT2D eigenvalue weighted by atomic mass is 9.95. The van der Waals surface area contributed by atoms with Crippen molar-refractivity contribution in [2.45, 2.75) is 39.0 Å². The first kappa shape index (κ1) is 20.1. The van der Waals surface area contributed by atoms with Gasteiger partial charge in [0.2, 0.25) is 5.91 Å². The van der Waals surface area contributed by atoms with Crippen LogP contribution in [0.2, 0.25) is 0 Å². The Kier molecular flexibility index (Phi) is 7.24. The molecule has 28 heavy (non-hydrogen) atoms. The molecule has 1 N–H and O–H groups in total. The van der Waals surface area contributed by atoms with Crippen molar-refractivity contribution in [1.82, 2.24) is 10.2 Å². The quantitative estimate of drug-likeness (QED) is 0.741. The molecule has 2 aromatic rings. The maximum atomic E-state index is 12.5. The Hall–Kier alpha value is -2.62. The van der Waals surface area contributed by atoms with Crippen molar-refractivity contribution in [2.24, 2.45) is 5.92 Å². The van der Waals surface area contributed by atoms with Gasteiger partial charge in [-0.2, -0.15) is 0 Å². The zero-order valence-electron chi connectivity index (χ0n) is 16.7. The van der Waals surface area contributed by atoms with Gasteiger partial charge < -0.3 is 10.2 Å². The number of carbonyl (C=O) groups excluding carboxylic acids is 2. The minimum atomic E-state index is 0.0249. The molecular weight excluding hydrogens is 348 g/mol. The molecule has 1 fully saturated rings. The summed E-state index contributed by atoms with van der Waals surface area (Å²) in [4.78, 5) is 26.7. The van der Waals surface area contributed by atoms with Crippen LogP contribution in [-0.2, 0) is 11.2 Å². The summed E-state index contributed by atoms with van der Waals surface area (Å²) in [6.45, 7) is 4.13. The molecule has 0 radical (unpaired) electrons. The van der Waals surface area contributed by atoms with Gasteiger partial charge in [0.15, 0.2) is 0 Å². The molecule has 1 aliphatic rings. The number of likely N-dealkylation sites (tertiary alicyclic amines) is 1. The number of piperidine rings is 1. The summed E-state index contributed by atoms with van der Waals surface area (Å²) in [6, 6.07) is 18.0. The van der Waals surface area contributed by atoms with Crippen LogP contribution in [0.15, 0.2) is 54.6 Å². The highest BCUT2D eigenvalue weighted by Crippen LogP contribution is 2.19. The molecule has 4 nitrogen and oxygen atoms in total.